The summed E-state index contributed by atoms with van der Waals surface area (Å²) < 4.78 is 0. The topological polar surface area (TPSA) is 74.2 Å². The Balaban J connectivity index is 3.03. The van der Waals surface area contributed by atoms with Gasteiger partial charge in [0.15, 0.2) is 0 Å². The highest BCUT2D eigenvalue weighted by molar-refractivity contribution is 6.28. The zero-order valence-corrected chi connectivity index (χ0v) is 10.3. The Kier molecular flexibility index (Phi) is 3.83. The summed E-state index contributed by atoms with van der Waals surface area (Å²) in [7, 11) is 6.50. The Bertz CT molecular complexity index is 396. The third kappa shape index (κ3) is 2.69. The summed E-state index contributed by atoms with van der Waals surface area (Å²) in [6.07, 6.45) is 0. The lowest BCUT2D eigenvalue weighted by Gasteiger charge is -2.19. The molecule has 0 saturated heterocycles. The van der Waals surface area contributed by atoms with Crippen LogP contribution in [0.3, 0.4) is 0 Å². The number of carbonyl (C=O) groups is 1. The van der Waals surface area contributed by atoms with E-state index >= 15 is 0 Å². The minimum atomic E-state index is -0.246. The Hall–Kier alpha value is -1.63. The molecule has 0 saturated carbocycles. The van der Waals surface area contributed by atoms with E-state index in [-0.39, 0.29) is 17.3 Å². The van der Waals surface area contributed by atoms with E-state index in [4.69, 9.17) is 11.6 Å². The first-order valence-corrected chi connectivity index (χ1v) is 4.88. The molecule has 1 N–H and O–H groups in total. The summed E-state index contributed by atoms with van der Waals surface area (Å²) in [6.45, 7) is 0. The van der Waals surface area contributed by atoms with Crippen molar-refractivity contribution in [2.45, 2.75) is 0 Å². The molecule has 7 nitrogen and oxygen atoms in total. The van der Waals surface area contributed by atoms with Crippen molar-refractivity contribution in [3.8, 4) is 0 Å². The Morgan fingerprint density at radius 2 is 1.88 bits per heavy atom. The maximum atomic E-state index is 11.6. The molecule has 2 amide bonds. The van der Waals surface area contributed by atoms with Gasteiger partial charge in [-0.25, -0.2) is 4.79 Å². The molecule has 0 bridgehead atoms. The van der Waals surface area contributed by atoms with Crippen LogP contribution in [0.5, 0.6) is 0 Å². The molecule has 1 heterocycles. The minimum absolute atomic E-state index is 0.0350. The lowest BCUT2D eigenvalue weighted by molar-refractivity contribution is 0.225. The van der Waals surface area contributed by atoms with Gasteiger partial charge >= 0.3 is 6.03 Å². The smallest absolute Gasteiger partial charge is 0.326 e. The van der Waals surface area contributed by atoms with E-state index in [0.29, 0.717) is 5.95 Å². The van der Waals surface area contributed by atoms with Gasteiger partial charge in [0.2, 0.25) is 17.2 Å². The summed E-state index contributed by atoms with van der Waals surface area (Å²) in [6, 6.07) is -0.246. The summed E-state index contributed by atoms with van der Waals surface area (Å²) >= 11 is 5.70. The van der Waals surface area contributed by atoms with Gasteiger partial charge in [-0.05, 0) is 11.6 Å². The van der Waals surface area contributed by atoms with Gasteiger partial charge in [0.1, 0.15) is 0 Å². The zero-order valence-electron chi connectivity index (χ0n) is 9.52. The van der Waals surface area contributed by atoms with Crippen LogP contribution in [0.25, 0.3) is 0 Å². The van der Waals surface area contributed by atoms with Crippen LogP contribution in [0.1, 0.15) is 0 Å². The molecule has 0 aliphatic carbocycles. The van der Waals surface area contributed by atoms with Crippen LogP contribution in [-0.4, -0.2) is 54.1 Å². The van der Waals surface area contributed by atoms with Crippen LogP contribution >= 0.6 is 11.6 Å². The average molecular weight is 245 g/mol. The average Bonchev–Trinajstić information content (AvgIpc) is 2.25. The van der Waals surface area contributed by atoms with Gasteiger partial charge in [-0.1, -0.05) is 0 Å². The first kappa shape index (κ1) is 12.4. The van der Waals surface area contributed by atoms with E-state index in [1.807, 2.05) is 0 Å². The van der Waals surface area contributed by atoms with E-state index in [9.17, 15) is 4.79 Å². The highest BCUT2D eigenvalue weighted by Crippen LogP contribution is 2.12. The second-order valence-corrected chi connectivity index (χ2v) is 3.55. The molecule has 0 aromatic carbocycles. The lowest BCUT2D eigenvalue weighted by Crippen LogP contribution is -2.37. The van der Waals surface area contributed by atoms with E-state index in [0.717, 1.165) is 0 Å². The Morgan fingerprint density at radius 1 is 1.25 bits per heavy atom. The van der Waals surface area contributed by atoms with Crippen molar-refractivity contribution in [1.29, 1.82) is 0 Å². The maximum Gasteiger partial charge on any atom is 0.326 e. The molecular formula is C8H13ClN6O. The third-order valence-electron chi connectivity index (χ3n) is 1.79. The third-order valence-corrected chi connectivity index (χ3v) is 1.96. The molecule has 1 aromatic heterocycles. The normalized spacial score (nSPS) is 9.81. The number of rotatable bonds is 2. The van der Waals surface area contributed by atoms with Crippen molar-refractivity contribution in [1.82, 2.24) is 19.9 Å². The number of anilines is 2. The van der Waals surface area contributed by atoms with Crippen LogP contribution in [-0.2, 0) is 0 Å². The van der Waals surface area contributed by atoms with Crippen molar-refractivity contribution in [2.24, 2.45) is 0 Å². The number of aromatic nitrogens is 3. The van der Waals surface area contributed by atoms with Gasteiger partial charge in [-0.2, -0.15) is 15.0 Å². The summed E-state index contributed by atoms with van der Waals surface area (Å²) in [5.41, 5.74) is 0. The predicted molar refractivity (Wildman–Crippen MR) is 61.9 cm³/mol. The molecule has 88 valence electrons. The second-order valence-electron chi connectivity index (χ2n) is 3.21. The van der Waals surface area contributed by atoms with Crippen molar-refractivity contribution < 1.29 is 4.79 Å². The maximum absolute atomic E-state index is 11.6. The number of halogens is 1. The molecule has 0 spiro atoms. The van der Waals surface area contributed by atoms with Gasteiger partial charge in [-0.3, -0.25) is 4.90 Å². The van der Waals surface area contributed by atoms with Gasteiger partial charge < -0.3 is 10.2 Å². The molecule has 16 heavy (non-hydrogen) atoms. The van der Waals surface area contributed by atoms with E-state index in [1.165, 1.54) is 9.80 Å². The van der Waals surface area contributed by atoms with Gasteiger partial charge in [0.05, 0.1) is 0 Å². The largest absolute Gasteiger partial charge is 0.357 e. The number of hydrogen-bond acceptors (Lipinski definition) is 5. The number of nitrogens with one attached hydrogen (secondary N) is 1. The van der Waals surface area contributed by atoms with Crippen molar-refractivity contribution >= 4 is 29.5 Å². The highest BCUT2D eigenvalue weighted by atomic mass is 35.5. The van der Waals surface area contributed by atoms with Crippen molar-refractivity contribution in [2.75, 3.05) is 38.4 Å². The number of hydrogen-bond donors (Lipinski definition) is 1. The number of nitrogens with zero attached hydrogens (tertiary/aromatic N) is 5. The predicted octanol–water partition coefficient (Wildman–Crippen LogP) is 0.684. The summed E-state index contributed by atoms with van der Waals surface area (Å²) in [5, 5.41) is 2.77. The van der Waals surface area contributed by atoms with Crippen LogP contribution in [0.4, 0.5) is 16.7 Å². The minimum Gasteiger partial charge on any atom is -0.357 e. The molecule has 0 radical (unpaired) electrons. The second kappa shape index (κ2) is 4.93. The zero-order chi connectivity index (χ0) is 12.3. The SMILES string of the molecule is CNc1nc(Cl)nc(N(C)C(=O)N(C)C)n1. The van der Waals surface area contributed by atoms with Gasteiger partial charge in [0.25, 0.3) is 0 Å². The van der Waals surface area contributed by atoms with E-state index < -0.39 is 0 Å². The van der Waals surface area contributed by atoms with E-state index in [1.54, 1.807) is 28.2 Å². The molecule has 8 heteroatoms. The fourth-order valence-electron chi connectivity index (χ4n) is 0.987. The molecule has 1 rings (SSSR count). The Labute approximate surface area is 98.4 Å². The lowest BCUT2D eigenvalue weighted by atomic mass is 10.7. The highest BCUT2D eigenvalue weighted by Gasteiger charge is 2.16. The molecule has 0 fully saturated rings. The molecule has 0 unspecified atom stereocenters. The van der Waals surface area contributed by atoms with Crippen LogP contribution in [0, 0.1) is 0 Å². The molecule has 0 aliphatic heterocycles. The monoisotopic (exact) mass is 244 g/mol. The number of carbonyl (C=O) groups excluding carboxylic acids is 1. The number of urea groups is 1. The van der Waals surface area contributed by atoms with Crippen LogP contribution in [0.2, 0.25) is 5.28 Å². The van der Waals surface area contributed by atoms with Gasteiger partial charge in [0, 0.05) is 28.2 Å². The van der Waals surface area contributed by atoms with Crippen molar-refractivity contribution in [3.05, 3.63) is 5.28 Å². The molecule has 1 aromatic rings. The van der Waals surface area contributed by atoms with Gasteiger partial charge in [-0.15, -0.1) is 0 Å². The fraction of sp³-hybridized carbons (Fsp3) is 0.500. The van der Waals surface area contributed by atoms with E-state index in [2.05, 4.69) is 20.3 Å². The Morgan fingerprint density at radius 3 is 2.38 bits per heavy atom. The van der Waals surface area contributed by atoms with Crippen molar-refractivity contribution in [3.63, 3.8) is 0 Å². The first-order valence-electron chi connectivity index (χ1n) is 4.50. The fourth-order valence-corrected chi connectivity index (χ4v) is 1.14. The number of amides is 2. The molecule has 0 aliphatic rings. The molecule has 0 atom stereocenters. The summed E-state index contributed by atoms with van der Waals surface area (Å²) in [5.74, 6) is 0.511. The standard InChI is InChI=1S/C8H13ClN6O/c1-10-6-11-5(9)12-7(13-6)15(4)8(16)14(2)3/h1-4H3,(H,10,11,12,13). The summed E-state index contributed by atoms with van der Waals surface area (Å²) in [4.78, 5) is 26.0. The quantitative estimate of drug-likeness (QED) is 0.828. The molecular weight excluding hydrogens is 232 g/mol. The first-order chi connectivity index (χ1) is 7.45. The van der Waals surface area contributed by atoms with Crippen LogP contribution < -0.4 is 10.2 Å². The van der Waals surface area contributed by atoms with Crippen LogP contribution in [0.15, 0.2) is 0 Å².